The van der Waals surface area contributed by atoms with Gasteiger partial charge in [-0.3, -0.25) is 0 Å². The minimum absolute atomic E-state index is 0.344. The SMILES string of the molecule is FC1=CC(F)(I)C(Br)(I)C(F)=C1Br. The third-order valence-electron chi connectivity index (χ3n) is 1.40. The Bertz CT molecular complexity index is 309. The van der Waals surface area contributed by atoms with Crippen LogP contribution in [0.3, 0.4) is 0 Å². The summed E-state index contributed by atoms with van der Waals surface area (Å²) in [5.74, 6) is -1.83. The molecule has 0 saturated heterocycles. The zero-order chi connectivity index (χ0) is 10.4. The van der Waals surface area contributed by atoms with Gasteiger partial charge in [0.1, 0.15) is 11.7 Å². The van der Waals surface area contributed by atoms with Crippen molar-refractivity contribution in [1.82, 2.24) is 0 Å². The summed E-state index contributed by atoms with van der Waals surface area (Å²) >= 11 is 8.47. The van der Waals surface area contributed by atoms with E-state index in [1.807, 2.05) is 0 Å². The first-order chi connectivity index (χ1) is 5.70. The summed E-state index contributed by atoms with van der Waals surface area (Å²) in [6.07, 6.45) is 0.724. The van der Waals surface area contributed by atoms with E-state index in [1.54, 1.807) is 22.6 Å². The van der Waals surface area contributed by atoms with Crippen LogP contribution in [0.1, 0.15) is 0 Å². The fraction of sp³-hybridized carbons (Fsp3) is 0.333. The Balaban J connectivity index is 3.32. The molecule has 0 N–H and O–H groups in total. The van der Waals surface area contributed by atoms with Crippen molar-refractivity contribution >= 4 is 77.0 Å². The van der Waals surface area contributed by atoms with Crippen molar-refractivity contribution in [1.29, 1.82) is 0 Å². The number of hydrogen-bond donors (Lipinski definition) is 0. The lowest BCUT2D eigenvalue weighted by molar-refractivity contribution is 0.344. The van der Waals surface area contributed by atoms with Gasteiger partial charge in [-0.1, -0.05) is 38.5 Å². The predicted octanol–water partition coefficient (Wildman–Crippen LogP) is 5.06. The van der Waals surface area contributed by atoms with E-state index in [0.29, 0.717) is 0 Å². The highest BCUT2D eigenvalue weighted by atomic mass is 127. The molecule has 0 heterocycles. The lowest BCUT2D eigenvalue weighted by Gasteiger charge is -2.32. The summed E-state index contributed by atoms with van der Waals surface area (Å²) in [5, 5.41) is 0. The van der Waals surface area contributed by atoms with Crippen LogP contribution in [0.15, 0.2) is 22.2 Å². The molecule has 0 aromatic heterocycles. The van der Waals surface area contributed by atoms with Gasteiger partial charge in [0.2, 0.25) is 3.68 Å². The summed E-state index contributed by atoms with van der Waals surface area (Å²) in [4.78, 5) is 0. The van der Waals surface area contributed by atoms with Crippen LogP contribution in [0.25, 0.3) is 0 Å². The molecule has 0 fully saturated rings. The maximum Gasteiger partial charge on any atom is 0.212 e. The number of alkyl halides is 4. The number of halogens is 7. The van der Waals surface area contributed by atoms with E-state index in [-0.39, 0.29) is 4.48 Å². The molecule has 0 aromatic rings. The molecular weight excluding hydrogens is 543 g/mol. The van der Waals surface area contributed by atoms with Crippen molar-refractivity contribution in [2.75, 3.05) is 0 Å². The molecule has 0 amide bonds. The topological polar surface area (TPSA) is 0 Å². The summed E-state index contributed by atoms with van der Waals surface area (Å²) < 4.78 is 35.9. The van der Waals surface area contributed by atoms with E-state index in [4.69, 9.17) is 0 Å². The highest BCUT2D eigenvalue weighted by Crippen LogP contribution is 2.57. The van der Waals surface area contributed by atoms with E-state index < -0.39 is 17.7 Å². The molecule has 74 valence electrons. The highest BCUT2D eigenvalue weighted by Gasteiger charge is 2.53. The van der Waals surface area contributed by atoms with Gasteiger partial charge < -0.3 is 0 Å². The average Bonchev–Trinajstić information content (AvgIpc) is 1.98. The molecule has 7 heteroatoms. The van der Waals surface area contributed by atoms with Gasteiger partial charge in [0.05, 0.1) is 4.48 Å². The molecule has 13 heavy (non-hydrogen) atoms. The average molecular weight is 544 g/mol. The first kappa shape index (κ1) is 12.8. The second kappa shape index (κ2) is 3.93. The van der Waals surface area contributed by atoms with Crippen molar-refractivity contribution in [2.45, 2.75) is 6.01 Å². The Kier molecular flexibility index (Phi) is 3.86. The number of hydrogen-bond acceptors (Lipinski definition) is 0. The van der Waals surface area contributed by atoms with Crippen LogP contribution in [0, 0.1) is 0 Å². The van der Waals surface area contributed by atoms with Gasteiger partial charge in [-0.2, -0.15) is 0 Å². The second-order valence-electron chi connectivity index (χ2n) is 2.32. The molecule has 1 rings (SSSR count). The minimum Gasteiger partial charge on any atom is -0.225 e. The number of allylic oxidation sites excluding steroid dienone is 4. The van der Waals surface area contributed by atoms with E-state index in [0.717, 1.165) is 6.08 Å². The van der Waals surface area contributed by atoms with Crippen molar-refractivity contribution in [3.8, 4) is 0 Å². The van der Waals surface area contributed by atoms with Crippen molar-refractivity contribution < 1.29 is 13.2 Å². The maximum absolute atomic E-state index is 13.6. The molecule has 0 spiro atoms. The molecular formula is C6HBr2F3I2. The normalized spacial score (nSPS) is 40.7. The van der Waals surface area contributed by atoms with E-state index >= 15 is 0 Å². The van der Waals surface area contributed by atoms with Crippen LogP contribution >= 0.6 is 77.0 Å². The minimum atomic E-state index is -2.13. The van der Waals surface area contributed by atoms with Crippen molar-refractivity contribution in [3.63, 3.8) is 0 Å². The van der Waals surface area contributed by atoms with E-state index in [9.17, 15) is 13.2 Å². The number of rotatable bonds is 0. The predicted molar refractivity (Wildman–Crippen MR) is 69.8 cm³/mol. The van der Waals surface area contributed by atoms with Gasteiger partial charge in [-0.05, 0) is 38.5 Å². The first-order valence-corrected chi connectivity index (χ1v) is 6.64. The van der Waals surface area contributed by atoms with Crippen LogP contribution in [0.5, 0.6) is 0 Å². The van der Waals surface area contributed by atoms with Gasteiger partial charge in [0, 0.05) is 6.08 Å². The largest absolute Gasteiger partial charge is 0.225 e. The molecule has 2 atom stereocenters. The Hall–Kier alpha value is 1.69. The Morgan fingerprint density at radius 2 is 1.77 bits per heavy atom. The smallest absolute Gasteiger partial charge is 0.212 e. The molecule has 0 nitrogen and oxygen atoms in total. The quantitative estimate of drug-likeness (QED) is 0.296. The Morgan fingerprint density at radius 1 is 1.31 bits per heavy atom. The molecule has 0 aliphatic heterocycles. The summed E-state index contributed by atoms with van der Waals surface area (Å²) in [5.41, 5.74) is 0. The third kappa shape index (κ3) is 2.12. The lowest BCUT2D eigenvalue weighted by atomic mass is 10.1. The van der Waals surface area contributed by atoms with Crippen molar-refractivity contribution in [3.05, 3.63) is 22.2 Å². The molecule has 1 aliphatic rings. The van der Waals surface area contributed by atoms with Crippen LogP contribution in [0.4, 0.5) is 13.2 Å². The van der Waals surface area contributed by atoms with Crippen LogP contribution in [0.2, 0.25) is 0 Å². The maximum atomic E-state index is 13.6. The first-order valence-electron chi connectivity index (χ1n) is 2.90. The van der Waals surface area contributed by atoms with Crippen LogP contribution < -0.4 is 0 Å². The summed E-state index contributed by atoms with van der Waals surface area (Å²) in [6.45, 7) is 0. The fourth-order valence-corrected chi connectivity index (χ4v) is 3.00. The summed E-state index contributed by atoms with van der Waals surface area (Å²) in [7, 11) is 0. The lowest BCUT2D eigenvalue weighted by Crippen LogP contribution is -2.37. The van der Waals surface area contributed by atoms with Crippen molar-refractivity contribution in [2.24, 2.45) is 0 Å². The molecule has 2 unspecified atom stereocenters. The molecule has 0 radical (unpaired) electrons. The summed E-state index contributed by atoms with van der Waals surface area (Å²) in [6, 6.07) is 0. The fourth-order valence-electron chi connectivity index (χ4n) is 0.702. The van der Waals surface area contributed by atoms with Crippen LogP contribution in [-0.2, 0) is 0 Å². The zero-order valence-corrected chi connectivity index (χ0v) is 13.2. The van der Waals surface area contributed by atoms with Gasteiger partial charge in [0.25, 0.3) is 0 Å². The van der Waals surface area contributed by atoms with Gasteiger partial charge in [0.15, 0.2) is 2.33 Å². The monoisotopic (exact) mass is 542 g/mol. The second-order valence-corrected chi connectivity index (χ2v) is 8.97. The molecule has 0 aromatic carbocycles. The molecule has 1 aliphatic carbocycles. The van der Waals surface area contributed by atoms with Gasteiger partial charge >= 0.3 is 0 Å². The Labute approximate surface area is 117 Å². The van der Waals surface area contributed by atoms with Gasteiger partial charge in [-0.25, -0.2) is 13.2 Å². The van der Waals surface area contributed by atoms with Gasteiger partial charge in [-0.15, -0.1) is 0 Å². The standard InChI is InChI=1S/C6HBr2F3I2/c7-3-2(9)1-5(11,12)6(8,13)4(3)10/h1H. The van der Waals surface area contributed by atoms with Crippen LogP contribution in [-0.4, -0.2) is 6.01 Å². The molecule has 0 saturated carbocycles. The van der Waals surface area contributed by atoms with E-state index in [1.165, 1.54) is 22.6 Å². The Morgan fingerprint density at radius 3 is 2.23 bits per heavy atom. The van der Waals surface area contributed by atoms with E-state index in [2.05, 4.69) is 31.9 Å². The highest BCUT2D eigenvalue weighted by molar-refractivity contribution is 14.1. The molecule has 0 bridgehead atoms. The third-order valence-corrected chi connectivity index (χ3v) is 7.21. The zero-order valence-electron chi connectivity index (χ0n) is 5.72.